The van der Waals surface area contributed by atoms with Crippen LogP contribution in [-0.4, -0.2) is 17.3 Å². The first-order valence-corrected chi connectivity index (χ1v) is 4.45. The van der Waals surface area contributed by atoms with Crippen molar-refractivity contribution in [3.63, 3.8) is 0 Å². The Morgan fingerprint density at radius 3 is 2.56 bits per heavy atom. The number of ether oxygens (including phenoxy) is 1. The quantitative estimate of drug-likeness (QED) is 0.818. The fraction of sp³-hybridized carbons (Fsp3) is 0.300. The number of hydrogen-bond donors (Lipinski definition) is 1. The van der Waals surface area contributed by atoms with Crippen molar-refractivity contribution in [1.82, 2.24) is 0 Å². The normalized spacial score (nSPS) is 11.2. The Kier molecular flexibility index (Phi) is 3.41. The molecular weight excluding hydrogens is 225 g/mol. The van der Waals surface area contributed by atoms with E-state index in [1.54, 1.807) is 6.92 Å². The fourth-order valence-corrected chi connectivity index (χ4v) is 1.10. The minimum Gasteiger partial charge on any atom is -0.504 e. The van der Waals surface area contributed by atoms with Crippen LogP contribution in [0.4, 0.5) is 13.2 Å². The van der Waals surface area contributed by atoms with Crippen molar-refractivity contribution in [2.75, 3.05) is 0 Å². The van der Waals surface area contributed by atoms with E-state index < -0.39 is 17.9 Å². The smallest absolute Gasteiger partial charge is 0.504 e. The second-order valence-corrected chi connectivity index (χ2v) is 3.01. The summed E-state index contributed by atoms with van der Waals surface area (Å²) < 4.78 is 39.3. The predicted molar refractivity (Wildman–Crippen MR) is 49.4 cm³/mol. The standard InChI is InChI=1S/C10H9F3O3/c1-2-7(14)6-3-4-8(15)9(5-6)16-10(11,12)13/h3-5,15H,2H2,1H3. The lowest BCUT2D eigenvalue weighted by molar-refractivity contribution is -0.275. The number of phenols is 1. The Morgan fingerprint density at radius 2 is 2.06 bits per heavy atom. The molecule has 0 unspecified atom stereocenters. The molecule has 0 radical (unpaired) electrons. The Bertz CT molecular complexity index is 399. The summed E-state index contributed by atoms with van der Waals surface area (Å²) in [6.45, 7) is 1.58. The number of carbonyl (C=O) groups excluding carboxylic acids is 1. The Morgan fingerprint density at radius 1 is 1.44 bits per heavy atom. The van der Waals surface area contributed by atoms with Crippen LogP contribution < -0.4 is 4.74 Å². The zero-order valence-corrected chi connectivity index (χ0v) is 8.34. The van der Waals surface area contributed by atoms with E-state index in [0.29, 0.717) is 0 Å². The molecule has 16 heavy (non-hydrogen) atoms. The minimum absolute atomic E-state index is 0.0690. The van der Waals surface area contributed by atoms with Gasteiger partial charge >= 0.3 is 6.36 Å². The topological polar surface area (TPSA) is 46.5 Å². The Labute approximate surface area is 89.5 Å². The van der Waals surface area contributed by atoms with Crippen LogP contribution >= 0.6 is 0 Å². The van der Waals surface area contributed by atoms with E-state index in [0.717, 1.165) is 12.1 Å². The second-order valence-electron chi connectivity index (χ2n) is 3.01. The maximum atomic E-state index is 11.9. The van der Waals surface area contributed by atoms with Gasteiger partial charge in [-0.3, -0.25) is 4.79 Å². The summed E-state index contributed by atoms with van der Waals surface area (Å²) >= 11 is 0. The highest BCUT2D eigenvalue weighted by Crippen LogP contribution is 2.32. The number of hydrogen-bond acceptors (Lipinski definition) is 3. The summed E-state index contributed by atoms with van der Waals surface area (Å²) in [5.74, 6) is -1.76. The molecule has 0 atom stereocenters. The van der Waals surface area contributed by atoms with E-state index in [9.17, 15) is 18.0 Å². The van der Waals surface area contributed by atoms with Crippen LogP contribution in [0.25, 0.3) is 0 Å². The molecule has 1 aromatic rings. The maximum Gasteiger partial charge on any atom is 0.573 e. The third-order valence-electron chi connectivity index (χ3n) is 1.83. The highest BCUT2D eigenvalue weighted by Gasteiger charge is 2.32. The van der Waals surface area contributed by atoms with Gasteiger partial charge in [0.15, 0.2) is 17.3 Å². The largest absolute Gasteiger partial charge is 0.573 e. The van der Waals surface area contributed by atoms with Gasteiger partial charge in [0.2, 0.25) is 0 Å². The van der Waals surface area contributed by atoms with Crippen molar-refractivity contribution in [2.24, 2.45) is 0 Å². The van der Waals surface area contributed by atoms with Gasteiger partial charge in [0.25, 0.3) is 0 Å². The SMILES string of the molecule is CCC(=O)c1ccc(O)c(OC(F)(F)F)c1. The Balaban J connectivity index is 3.04. The number of halogens is 3. The first-order valence-electron chi connectivity index (χ1n) is 4.45. The van der Waals surface area contributed by atoms with E-state index in [1.807, 2.05) is 0 Å². The van der Waals surface area contributed by atoms with E-state index in [-0.39, 0.29) is 17.8 Å². The van der Waals surface area contributed by atoms with Gasteiger partial charge in [-0.05, 0) is 18.2 Å². The van der Waals surface area contributed by atoms with Crippen LogP contribution in [0.1, 0.15) is 23.7 Å². The molecule has 1 rings (SSSR count). The molecule has 1 N–H and O–H groups in total. The van der Waals surface area contributed by atoms with E-state index in [2.05, 4.69) is 4.74 Å². The van der Waals surface area contributed by atoms with Gasteiger partial charge in [-0.1, -0.05) is 6.92 Å². The van der Waals surface area contributed by atoms with E-state index >= 15 is 0 Å². The highest BCUT2D eigenvalue weighted by atomic mass is 19.4. The number of alkyl halides is 3. The zero-order chi connectivity index (χ0) is 12.3. The van der Waals surface area contributed by atoms with Gasteiger partial charge in [0.05, 0.1) is 0 Å². The molecule has 0 aliphatic heterocycles. The van der Waals surface area contributed by atoms with Gasteiger partial charge < -0.3 is 9.84 Å². The first kappa shape index (κ1) is 12.4. The number of ketones is 1. The zero-order valence-electron chi connectivity index (χ0n) is 8.34. The lowest BCUT2D eigenvalue weighted by atomic mass is 10.1. The molecule has 1 aromatic carbocycles. The number of Topliss-reactive ketones (excluding diaryl/α,β-unsaturated/α-hetero) is 1. The molecule has 0 bridgehead atoms. The van der Waals surface area contributed by atoms with Crippen molar-refractivity contribution < 1.29 is 27.8 Å². The number of aromatic hydroxyl groups is 1. The Hall–Kier alpha value is -1.72. The third-order valence-corrected chi connectivity index (χ3v) is 1.83. The number of carbonyl (C=O) groups is 1. The molecule has 0 amide bonds. The van der Waals surface area contributed by atoms with Crippen LogP contribution in [0.2, 0.25) is 0 Å². The van der Waals surface area contributed by atoms with Crippen molar-refractivity contribution in [1.29, 1.82) is 0 Å². The van der Waals surface area contributed by atoms with Gasteiger partial charge in [-0.15, -0.1) is 13.2 Å². The molecule has 0 heterocycles. The molecule has 0 aliphatic rings. The molecule has 0 saturated heterocycles. The lowest BCUT2D eigenvalue weighted by Crippen LogP contribution is -2.17. The highest BCUT2D eigenvalue weighted by molar-refractivity contribution is 5.96. The average molecular weight is 234 g/mol. The molecule has 0 aliphatic carbocycles. The van der Waals surface area contributed by atoms with Crippen LogP contribution in [0.15, 0.2) is 18.2 Å². The number of benzene rings is 1. The van der Waals surface area contributed by atoms with Crippen molar-refractivity contribution in [2.45, 2.75) is 19.7 Å². The van der Waals surface area contributed by atoms with E-state index in [4.69, 9.17) is 5.11 Å². The van der Waals surface area contributed by atoms with Crippen molar-refractivity contribution in [3.05, 3.63) is 23.8 Å². The van der Waals surface area contributed by atoms with Crippen molar-refractivity contribution >= 4 is 5.78 Å². The van der Waals surface area contributed by atoms with Crippen LogP contribution in [0.5, 0.6) is 11.5 Å². The lowest BCUT2D eigenvalue weighted by Gasteiger charge is -2.11. The molecule has 0 saturated carbocycles. The number of phenolic OH excluding ortho intramolecular Hbond substituents is 1. The third kappa shape index (κ3) is 3.15. The summed E-state index contributed by atoms with van der Waals surface area (Å²) in [4.78, 5) is 11.2. The van der Waals surface area contributed by atoms with Crippen LogP contribution in [0.3, 0.4) is 0 Å². The second kappa shape index (κ2) is 4.42. The average Bonchev–Trinajstić information content (AvgIpc) is 2.18. The predicted octanol–water partition coefficient (Wildman–Crippen LogP) is 2.88. The summed E-state index contributed by atoms with van der Waals surface area (Å²) in [7, 11) is 0. The first-order chi connectivity index (χ1) is 7.33. The van der Waals surface area contributed by atoms with Crippen molar-refractivity contribution in [3.8, 4) is 11.5 Å². The molecule has 0 aromatic heterocycles. The molecule has 3 nitrogen and oxygen atoms in total. The summed E-state index contributed by atoms with van der Waals surface area (Å²) in [5.41, 5.74) is 0.0690. The van der Waals surface area contributed by atoms with Gasteiger partial charge in [-0.25, -0.2) is 0 Å². The number of rotatable bonds is 3. The molecule has 0 spiro atoms. The molecule has 88 valence electrons. The van der Waals surface area contributed by atoms with Crippen LogP contribution in [0, 0.1) is 0 Å². The summed E-state index contributed by atoms with van der Waals surface area (Å²) in [6.07, 6.45) is -4.73. The molecule has 0 fully saturated rings. The van der Waals surface area contributed by atoms with Crippen LogP contribution in [-0.2, 0) is 0 Å². The minimum atomic E-state index is -4.90. The maximum absolute atomic E-state index is 11.9. The molecular formula is C10H9F3O3. The monoisotopic (exact) mass is 234 g/mol. The fourth-order valence-electron chi connectivity index (χ4n) is 1.10. The summed E-state index contributed by atoms with van der Waals surface area (Å²) in [6, 6.07) is 3.10. The molecule has 6 heteroatoms. The van der Waals surface area contributed by atoms with Gasteiger partial charge in [0.1, 0.15) is 0 Å². The van der Waals surface area contributed by atoms with E-state index in [1.165, 1.54) is 6.07 Å². The summed E-state index contributed by atoms with van der Waals surface area (Å²) in [5, 5.41) is 9.12. The van der Waals surface area contributed by atoms with Gasteiger partial charge in [-0.2, -0.15) is 0 Å². The van der Waals surface area contributed by atoms with Gasteiger partial charge in [0, 0.05) is 12.0 Å².